The zero-order valence-corrected chi connectivity index (χ0v) is 19.3. The summed E-state index contributed by atoms with van der Waals surface area (Å²) in [6.45, 7) is -0.255. The van der Waals surface area contributed by atoms with Crippen LogP contribution >= 0.6 is 0 Å². The Morgan fingerprint density at radius 1 is 1.20 bits per heavy atom. The van der Waals surface area contributed by atoms with Gasteiger partial charge in [0.05, 0.1) is 32.2 Å². The third-order valence-electron chi connectivity index (χ3n) is 7.12. The number of nitrogens with zero attached hydrogens (tertiary/aromatic N) is 4. The second-order valence-corrected chi connectivity index (χ2v) is 9.07. The number of phenols is 1. The highest BCUT2D eigenvalue weighted by atomic mass is 16.5. The normalized spacial score (nSPS) is 24.1. The molecule has 4 atom stereocenters. The van der Waals surface area contributed by atoms with E-state index in [1.807, 2.05) is 24.3 Å². The van der Waals surface area contributed by atoms with Crippen molar-refractivity contribution in [2.24, 2.45) is 0 Å². The van der Waals surface area contributed by atoms with E-state index in [0.29, 0.717) is 23.4 Å². The van der Waals surface area contributed by atoms with E-state index in [1.54, 1.807) is 18.0 Å². The van der Waals surface area contributed by atoms with E-state index in [-0.39, 0.29) is 18.4 Å². The Morgan fingerprint density at radius 2 is 2.03 bits per heavy atom. The summed E-state index contributed by atoms with van der Waals surface area (Å²) in [6, 6.07) is 7.53. The van der Waals surface area contributed by atoms with Crippen LogP contribution in [-0.4, -0.2) is 60.8 Å². The lowest BCUT2D eigenvalue weighted by Crippen LogP contribution is -2.24. The van der Waals surface area contributed by atoms with Gasteiger partial charge in [0.15, 0.2) is 17.0 Å². The zero-order valence-electron chi connectivity index (χ0n) is 19.3. The molecular formula is C25H27N5O5. The van der Waals surface area contributed by atoms with Gasteiger partial charge in [-0.2, -0.15) is 0 Å². The fraction of sp³-hybridized carbons (Fsp3) is 0.400. The number of aliphatic hydroxyl groups is 2. The van der Waals surface area contributed by atoms with Crippen molar-refractivity contribution in [3.8, 4) is 11.5 Å². The molecule has 4 aromatic rings. The number of benzene rings is 2. The van der Waals surface area contributed by atoms with Crippen LogP contribution in [0.5, 0.6) is 11.5 Å². The number of fused-ring (bicyclic) bond motifs is 3. The van der Waals surface area contributed by atoms with Crippen LogP contribution in [0, 0.1) is 0 Å². The highest BCUT2D eigenvalue weighted by molar-refractivity contribution is 5.96. The fourth-order valence-electron chi connectivity index (χ4n) is 5.47. The third kappa shape index (κ3) is 3.48. The molecule has 1 fully saturated rings. The first-order valence-corrected chi connectivity index (χ1v) is 11.8. The van der Waals surface area contributed by atoms with Crippen molar-refractivity contribution in [3.63, 3.8) is 0 Å². The summed E-state index contributed by atoms with van der Waals surface area (Å²) < 4.78 is 13.3. The van der Waals surface area contributed by atoms with Gasteiger partial charge in [-0.15, -0.1) is 0 Å². The van der Waals surface area contributed by atoms with Gasteiger partial charge < -0.3 is 30.1 Å². The van der Waals surface area contributed by atoms with Crippen molar-refractivity contribution in [2.45, 2.75) is 50.2 Å². The van der Waals surface area contributed by atoms with Crippen LogP contribution in [0.3, 0.4) is 0 Å². The molecule has 2 aromatic carbocycles. The van der Waals surface area contributed by atoms with Crippen molar-refractivity contribution in [3.05, 3.63) is 48.0 Å². The van der Waals surface area contributed by atoms with Crippen LogP contribution in [0.15, 0.2) is 36.9 Å². The quantitative estimate of drug-likeness (QED) is 0.342. The minimum atomic E-state index is -0.756. The summed E-state index contributed by atoms with van der Waals surface area (Å²) in [4.78, 5) is 13.4. The molecule has 0 spiro atoms. The molecule has 2 aliphatic rings. The van der Waals surface area contributed by atoms with Gasteiger partial charge in [-0.3, -0.25) is 4.57 Å². The summed E-state index contributed by atoms with van der Waals surface area (Å²) in [5.41, 5.74) is 2.96. The van der Waals surface area contributed by atoms with Crippen molar-refractivity contribution in [1.82, 2.24) is 19.5 Å². The number of aromatic hydroxyl groups is 1. The minimum Gasteiger partial charge on any atom is -0.507 e. The average molecular weight is 478 g/mol. The molecule has 0 radical (unpaired) electrons. The number of anilines is 1. The second kappa shape index (κ2) is 8.63. The van der Waals surface area contributed by atoms with E-state index in [0.717, 1.165) is 46.9 Å². The SMILES string of the molecule is COc1c2c(c(O)c3ccccc13)C(Nc1ncnc3c1ncn3[C@H]1C[C@H](O)[C@@H](CO)O1)CCC2. The van der Waals surface area contributed by atoms with Gasteiger partial charge in [-0.25, -0.2) is 15.0 Å². The number of hydrogen-bond donors (Lipinski definition) is 4. The van der Waals surface area contributed by atoms with Gasteiger partial charge in [0.2, 0.25) is 0 Å². The molecule has 3 heterocycles. The van der Waals surface area contributed by atoms with Crippen LogP contribution in [0.2, 0.25) is 0 Å². The molecule has 10 heteroatoms. The first-order chi connectivity index (χ1) is 17.1. The Bertz CT molecular complexity index is 1410. The van der Waals surface area contributed by atoms with Crippen LogP contribution in [0.1, 0.15) is 42.7 Å². The molecule has 0 amide bonds. The van der Waals surface area contributed by atoms with Crippen molar-refractivity contribution >= 4 is 27.8 Å². The lowest BCUT2D eigenvalue weighted by molar-refractivity contribution is -0.0432. The molecule has 10 nitrogen and oxygen atoms in total. The monoisotopic (exact) mass is 477 g/mol. The van der Waals surface area contributed by atoms with E-state index in [1.165, 1.54) is 6.33 Å². The van der Waals surface area contributed by atoms with Gasteiger partial charge in [0.1, 0.15) is 30.2 Å². The third-order valence-corrected chi connectivity index (χ3v) is 7.12. The van der Waals surface area contributed by atoms with Crippen LogP contribution < -0.4 is 10.1 Å². The molecule has 1 saturated heterocycles. The predicted octanol–water partition coefficient (Wildman–Crippen LogP) is 2.82. The molecule has 4 N–H and O–H groups in total. The molecule has 6 rings (SSSR count). The van der Waals surface area contributed by atoms with Crippen molar-refractivity contribution in [1.29, 1.82) is 0 Å². The van der Waals surface area contributed by atoms with Crippen molar-refractivity contribution < 1.29 is 24.8 Å². The van der Waals surface area contributed by atoms with E-state index < -0.39 is 18.4 Å². The number of aliphatic hydroxyl groups excluding tert-OH is 2. The van der Waals surface area contributed by atoms with E-state index in [9.17, 15) is 15.3 Å². The number of hydrogen-bond acceptors (Lipinski definition) is 9. The number of nitrogens with one attached hydrogen (secondary N) is 1. The summed E-state index contributed by atoms with van der Waals surface area (Å²) in [6.07, 6.45) is 4.09. The number of ether oxygens (including phenoxy) is 2. The van der Waals surface area contributed by atoms with Gasteiger partial charge >= 0.3 is 0 Å². The number of phenolic OH excluding ortho intramolecular Hbond substituents is 1. The van der Waals surface area contributed by atoms with E-state index >= 15 is 0 Å². The molecule has 1 aliphatic heterocycles. The van der Waals surface area contributed by atoms with Crippen LogP contribution in [0.25, 0.3) is 21.9 Å². The molecule has 2 aromatic heterocycles. The molecule has 1 aliphatic carbocycles. The Morgan fingerprint density at radius 3 is 2.80 bits per heavy atom. The number of rotatable bonds is 5. The molecule has 182 valence electrons. The summed E-state index contributed by atoms with van der Waals surface area (Å²) in [5.74, 6) is 1.61. The Labute approximate surface area is 201 Å². The van der Waals surface area contributed by atoms with E-state index in [4.69, 9.17) is 9.47 Å². The van der Waals surface area contributed by atoms with Crippen LogP contribution in [0.4, 0.5) is 5.82 Å². The number of imidazole rings is 1. The lowest BCUT2D eigenvalue weighted by atomic mass is 9.84. The molecule has 35 heavy (non-hydrogen) atoms. The predicted molar refractivity (Wildman–Crippen MR) is 128 cm³/mol. The molecule has 0 saturated carbocycles. The highest BCUT2D eigenvalue weighted by Crippen LogP contribution is 2.47. The van der Waals surface area contributed by atoms with Gasteiger partial charge in [-0.1, -0.05) is 24.3 Å². The maximum absolute atomic E-state index is 11.3. The maximum Gasteiger partial charge on any atom is 0.167 e. The first kappa shape index (κ1) is 22.0. The first-order valence-electron chi connectivity index (χ1n) is 11.8. The summed E-state index contributed by atoms with van der Waals surface area (Å²) >= 11 is 0. The van der Waals surface area contributed by atoms with Gasteiger partial charge in [0, 0.05) is 28.3 Å². The summed E-state index contributed by atoms with van der Waals surface area (Å²) in [5, 5.41) is 36.0. The standard InChI is InChI=1S/C25H27N5O5/c1-34-23-14-6-3-2-5-13(14)22(33)20-15(23)7-4-8-16(20)29-24-21-25(27-11-26-24)30(12-28-21)19-9-17(32)18(10-31)35-19/h2-3,5-6,11-12,16-19,31-33H,4,7-10H2,1H3,(H,26,27,29)/t16?,17-,18+,19+/m0/s1. The van der Waals surface area contributed by atoms with E-state index in [2.05, 4.69) is 20.3 Å². The summed E-state index contributed by atoms with van der Waals surface area (Å²) in [7, 11) is 1.67. The lowest BCUT2D eigenvalue weighted by Gasteiger charge is -2.30. The maximum atomic E-state index is 11.3. The Kier molecular flexibility index (Phi) is 5.43. The molecule has 0 bridgehead atoms. The fourth-order valence-corrected chi connectivity index (χ4v) is 5.47. The minimum absolute atomic E-state index is 0.191. The van der Waals surface area contributed by atoms with Crippen molar-refractivity contribution in [2.75, 3.05) is 19.0 Å². The number of methoxy groups -OCH3 is 1. The molecular weight excluding hydrogens is 450 g/mol. The van der Waals surface area contributed by atoms with Gasteiger partial charge in [-0.05, 0) is 19.3 Å². The zero-order chi connectivity index (χ0) is 24.1. The number of aromatic nitrogens is 4. The Hall–Kier alpha value is -3.47. The van der Waals surface area contributed by atoms with Crippen LogP contribution in [-0.2, 0) is 11.2 Å². The Balaban J connectivity index is 1.39. The second-order valence-electron chi connectivity index (χ2n) is 9.07. The molecule has 1 unspecified atom stereocenters. The largest absolute Gasteiger partial charge is 0.507 e. The topological polar surface area (TPSA) is 135 Å². The highest BCUT2D eigenvalue weighted by Gasteiger charge is 2.36. The smallest absolute Gasteiger partial charge is 0.167 e. The van der Waals surface area contributed by atoms with Gasteiger partial charge in [0.25, 0.3) is 0 Å². The average Bonchev–Trinajstić information content (AvgIpc) is 3.48.